The van der Waals surface area contributed by atoms with Gasteiger partial charge in [0.1, 0.15) is 10.4 Å². The lowest BCUT2D eigenvalue weighted by Gasteiger charge is -2.03. The zero-order chi connectivity index (χ0) is 16.7. The van der Waals surface area contributed by atoms with Crippen molar-refractivity contribution in [3.63, 3.8) is 0 Å². The molecule has 1 aromatic heterocycles. The first-order valence-corrected chi connectivity index (χ1v) is 7.87. The molecule has 2 N–H and O–H groups in total. The van der Waals surface area contributed by atoms with E-state index < -0.39 is 11.9 Å². The van der Waals surface area contributed by atoms with Crippen molar-refractivity contribution in [2.45, 2.75) is 5.22 Å². The van der Waals surface area contributed by atoms with Gasteiger partial charge in [0.25, 0.3) is 11.1 Å². The Morgan fingerprint density at radius 3 is 2.67 bits per heavy atom. The van der Waals surface area contributed by atoms with E-state index in [-0.39, 0.29) is 15.7 Å². The van der Waals surface area contributed by atoms with Gasteiger partial charge in [-0.25, -0.2) is 9.78 Å². The number of nitrogens with zero attached hydrogens (tertiary/aromatic N) is 1. The van der Waals surface area contributed by atoms with Crippen molar-refractivity contribution in [2.75, 3.05) is 5.32 Å². The van der Waals surface area contributed by atoms with Gasteiger partial charge in [-0.2, -0.15) is 0 Å². The average molecular weight is 338 g/mol. The number of aromatic nitrogens is 1. The summed E-state index contributed by atoms with van der Waals surface area (Å²) >= 11 is 0.829. The van der Waals surface area contributed by atoms with Crippen LogP contribution >= 0.6 is 11.8 Å². The molecule has 0 radical (unpaired) electrons. The highest BCUT2D eigenvalue weighted by Crippen LogP contribution is 2.40. The third kappa shape index (κ3) is 2.35. The fourth-order valence-corrected chi connectivity index (χ4v) is 3.37. The van der Waals surface area contributed by atoms with Crippen molar-refractivity contribution < 1.29 is 19.1 Å². The predicted molar refractivity (Wildman–Crippen MR) is 89.5 cm³/mol. The van der Waals surface area contributed by atoms with Gasteiger partial charge in [0.2, 0.25) is 0 Å². The molecule has 1 aliphatic rings. The van der Waals surface area contributed by atoms with Crippen molar-refractivity contribution in [1.29, 1.82) is 0 Å². The maximum atomic E-state index is 12.2. The lowest BCUT2D eigenvalue weighted by Crippen LogP contribution is -2.09. The molecule has 2 heterocycles. The van der Waals surface area contributed by atoms with Gasteiger partial charge < -0.3 is 14.8 Å². The van der Waals surface area contributed by atoms with E-state index in [9.17, 15) is 14.7 Å². The standard InChI is InChI=1S/C17H10N2O4S/c20-15-13(9-5-1-2-6-10(9)18-15)14(16(21)22)24-17-19-11-7-3-4-8-12(11)23-17/h1-8H,(H,18,20)(H,21,22)/b14-13+. The third-order valence-corrected chi connectivity index (χ3v) is 4.49. The summed E-state index contributed by atoms with van der Waals surface area (Å²) in [6.07, 6.45) is 0. The summed E-state index contributed by atoms with van der Waals surface area (Å²) in [5.41, 5.74) is 2.46. The van der Waals surface area contributed by atoms with Crippen LogP contribution in [-0.4, -0.2) is 22.0 Å². The summed E-state index contributed by atoms with van der Waals surface area (Å²) in [7, 11) is 0. The molecule has 1 amide bonds. The van der Waals surface area contributed by atoms with Gasteiger partial charge >= 0.3 is 5.97 Å². The molecule has 0 saturated carbocycles. The Hall–Kier alpha value is -3.06. The number of fused-ring (bicyclic) bond motifs is 2. The molecular formula is C17H10N2O4S. The summed E-state index contributed by atoms with van der Waals surface area (Å²) in [6, 6.07) is 14.1. The Balaban J connectivity index is 1.83. The van der Waals surface area contributed by atoms with E-state index in [0.717, 1.165) is 11.8 Å². The third-order valence-electron chi connectivity index (χ3n) is 3.56. The molecule has 0 unspecified atom stereocenters. The monoisotopic (exact) mass is 338 g/mol. The number of anilines is 1. The molecule has 0 fully saturated rings. The van der Waals surface area contributed by atoms with Gasteiger partial charge in [-0.15, -0.1) is 0 Å². The van der Waals surface area contributed by atoms with Crippen LogP contribution in [-0.2, 0) is 9.59 Å². The van der Waals surface area contributed by atoms with Gasteiger partial charge in [-0.3, -0.25) is 4.79 Å². The second kappa shape index (κ2) is 5.54. The number of amides is 1. The zero-order valence-corrected chi connectivity index (χ0v) is 13.0. The summed E-state index contributed by atoms with van der Waals surface area (Å²) < 4.78 is 5.55. The van der Waals surface area contributed by atoms with Crippen molar-refractivity contribution in [3.8, 4) is 0 Å². The van der Waals surface area contributed by atoms with Crippen LogP contribution < -0.4 is 5.32 Å². The topological polar surface area (TPSA) is 92.4 Å². The van der Waals surface area contributed by atoms with Crippen LogP contribution in [0.15, 0.2) is 63.1 Å². The van der Waals surface area contributed by atoms with Gasteiger partial charge in [0, 0.05) is 11.3 Å². The molecule has 0 bridgehead atoms. The number of carboxylic acid groups (broad SMARTS) is 1. The van der Waals surface area contributed by atoms with Crippen LogP contribution in [0.1, 0.15) is 5.56 Å². The zero-order valence-electron chi connectivity index (χ0n) is 12.1. The summed E-state index contributed by atoms with van der Waals surface area (Å²) in [6.45, 7) is 0. The number of para-hydroxylation sites is 3. The first-order chi connectivity index (χ1) is 11.6. The number of rotatable bonds is 3. The number of benzene rings is 2. The number of hydrogen-bond donors (Lipinski definition) is 2. The molecule has 0 atom stereocenters. The van der Waals surface area contributed by atoms with E-state index >= 15 is 0 Å². The Bertz CT molecular complexity index is 989. The fraction of sp³-hybridized carbons (Fsp3) is 0. The SMILES string of the molecule is O=C(O)/C(Sc1nc2ccccc2o1)=C1\C(=O)Nc2ccccc21. The highest BCUT2D eigenvalue weighted by Gasteiger charge is 2.31. The van der Waals surface area contributed by atoms with E-state index in [1.54, 1.807) is 42.5 Å². The molecule has 2 aromatic carbocycles. The summed E-state index contributed by atoms with van der Waals surface area (Å²) in [5, 5.41) is 12.4. The van der Waals surface area contributed by atoms with Crippen LogP contribution in [0.2, 0.25) is 0 Å². The van der Waals surface area contributed by atoms with Gasteiger partial charge in [0.15, 0.2) is 5.58 Å². The minimum atomic E-state index is -1.20. The molecule has 0 aliphatic carbocycles. The molecule has 118 valence electrons. The molecule has 0 spiro atoms. The van der Waals surface area contributed by atoms with Crippen molar-refractivity contribution in [2.24, 2.45) is 0 Å². The fourth-order valence-electron chi connectivity index (χ4n) is 2.53. The van der Waals surface area contributed by atoms with Crippen LogP contribution in [0.5, 0.6) is 0 Å². The normalized spacial score (nSPS) is 15.2. The molecule has 0 saturated heterocycles. The van der Waals surface area contributed by atoms with E-state index in [2.05, 4.69) is 10.3 Å². The second-order valence-electron chi connectivity index (χ2n) is 5.06. The number of thioether (sulfide) groups is 1. The molecule has 3 aromatic rings. The van der Waals surface area contributed by atoms with Crippen molar-refractivity contribution in [1.82, 2.24) is 4.98 Å². The molecule has 1 aliphatic heterocycles. The van der Waals surface area contributed by atoms with Crippen LogP contribution in [0, 0.1) is 0 Å². The lowest BCUT2D eigenvalue weighted by molar-refractivity contribution is -0.132. The van der Waals surface area contributed by atoms with Gasteiger partial charge in [-0.05, 0) is 30.0 Å². The highest BCUT2D eigenvalue weighted by atomic mass is 32.2. The average Bonchev–Trinajstić information content (AvgIpc) is 3.11. The number of carbonyl (C=O) groups excluding carboxylic acids is 1. The minimum Gasteiger partial charge on any atom is -0.477 e. The van der Waals surface area contributed by atoms with Gasteiger partial charge in [-0.1, -0.05) is 30.3 Å². The molecule has 6 nitrogen and oxygen atoms in total. The number of aliphatic carboxylic acids is 1. The maximum absolute atomic E-state index is 12.2. The largest absolute Gasteiger partial charge is 0.477 e. The lowest BCUT2D eigenvalue weighted by atomic mass is 10.1. The van der Waals surface area contributed by atoms with Crippen molar-refractivity contribution in [3.05, 3.63) is 59.0 Å². The number of nitrogens with one attached hydrogen (secondary N) is 1. The summed E-state index contributed by atoms with van der Waals surface area (Å²) in [5.74, 6) is -1.65. The Labute approximate surface area is 140 Å². The molecular weight excluding hydrogens is 328 g/mol. The molecule has 4 rings (SSSR count). The molecule has 24 heavy (non-hydrogen) atoms. The number of oxazole rings is 1. The minimum absolute atomic E-state index is 0.116. The first kappa shape index (κ1) is 14.5. The quantitative estimate of drug-likeness (QED) is 0.562. The number of carbonyl (C=O) groups is 2. The smallest absolute Gasteiger partial charge is 0.343 e. The van der Waals surface area contributed by atoms with Crippen LogP contribution in [0.3, 0.4) is 0 Å². The Kier molecular flexibility index (Phi) is 3.35. The Morgan fingerprint density at radius 1 is 1.12 bits per heavy atom. The van der Waals surface area contributed by atoms with Crippen molar-refractivity contribution >= 4 is 46.0 Å². The second-order valence-corrected chi connectivity index (χ2v) is 6.02. The molecule has 7 heteroatoms. The predicted octanol–water partition coefficient (Wildman–Crippen LogP) is 3.37. The maximum Gasteiger partial charge on any atom is 0.343 e. The van der Waals surface area contributed by atoms with E-state index in [1.165, 1.54) is 0 Å². The summed E-state index contributed by atoms with van der Waals surface area (Å²) in [4.78, 5) is 28.1. The number of carboxylic acids is 1. The van der Waals surface area contributed by atoms with Crippen LogP contribution in [0.4, 0.5) is 5.69 Å². The highest BCUT2D eigenvalue weighted by molar-refractivity contribution is 8.04. The first-order valence-electron chi connectivity index (χ1n) is 7.05. The number of hydrogen-bond acceptors (Lipinski definition) is 5. The van der Waals surface area contributed by atoms with Gasteiger partial charge in [0.05, 0.1) is 5.57 Å². The Morgan fingerprint density at radius 2 is 1.88 bits per heavy atom. The van der Waals surface area contributed by atoms with E-state index in [1.807, 2.05) is 6.07 Å². The van der Waals surface area contributed by atoms with E-state index in [4.69, 9.17) is 4.42 Å². The van der Waals surface area contributed by atoms with Crippen LogP contribution in [0.25, 0.3) is 16.7 Å². The van der Waals surface area contributed by atoms with E-state index in [0.29, 0.717) is 22.4 Å².